The second-order valence-corrected chi connectivity index (χ2v) is 6.39. The largest absolute Gasteiger partial charge is 0.316 e. The Morgan fingerprint density at radius 2 is 2.18 bits per heavy atom. The lowest BCUT2D eigenvalue weighted by Gasteiger charge is -2.22. The molecule has 0 unspecified atom stereocenters. The number of hydrogen-bond acceptors (Lipinski definition) is 5. The van der Waals surface area contributed by atoms with Crippen molar-refractivity contribution in [2.45, 2.75) is 24.8 Å². The normalized spacial score (nSPS) is 21.4. The van der Waals surface area contributed by atoms with Gasteiger partial charge in [0, 0.05) is 12.4 Å². The van der Waals surface area contributed by atoms with E-state index in [2.05, 4.69) is 15.3 Å². The Labute approximate surface area is 102 Å². The van der Waals surface area contributed by atoms with Crippen LogP contribution in [0.5, 0.6) is 0 Å². The highest BCUT2D eigenvalue weighted by molar-refractivity contribution is 7.91. The van der Waals surface area contributed by atoms with Gasteiger partial charge in [0.15, 0.2) is 14.9 Å². The maximum Gasteiger partial charge on any atom is 0.197 e. The molecule has 0 aromatic carbocycles. The summed E-state index contributed by atoms with van der Waals surface area (Å²) in [4.78, 5) is 7.93. The van der Waals surface area contributed by atoms with Gasteiger partial charge in [-0.25, -0.2) is 13.4 Å². The first-order valence-electron chi connectivity index (χ1n) is 5.80. The van der Waals surface area contributed by atoms with Crippen LogP contribution in [0.4, 0.5) is 0 Å². The maximum absolute atomic E-state index is 12.2. The van der Waals surface area contributed by atoms with E-state index < -0.39 is 9.84 Å². The number of rotatable bonds is 3. The molecular weight excluding hydrogens is 238 g/mol. The van der Waals surface area contributed by atoms with Gasteiger partial charge in [0.25, 0.3) is 0 Å². The number of piperidine rings is 1. The molecule has 1 fully saturated rings. The zero-order chi connectivity index (χ0) is 12.3. The lowest BCUT2D eigenvalue weighted by molar-refractivity contribution is 0.403. The van der Waals surface area contributed by atoms with E-state index in [1.54, 1.807) is 6.92 Å². The zero-order valence-corrected chi connectivity index (χ0v) is 10.7. The molecule has 0 bridgehead atoms. The van der Waals surface area contributed by atoms with Crippen LogP contribution >= 0.6 is 0 Å². The summed E-state index contributed by atoms with van der Waals surface area (Å²) in [6, 6.07) is 0. The molecule has 0 amide bonds. The second-order valence-electron chi connectivity index (χ2n) is 4.44. The van der Waals surface area contributed by atoms with Crippen LogP contribution in [0.2, 0.25) is 0 Å². The lowest BCUT2D eigenvalue weighted by Crippen LogP contribution is -2.34. The van der Waals surface area contributed by atoms with Gasteiger partial charge in [-0.1, -0.05) is 0 Å². The molecular formula is C11H17N3O2S. The summed E-state index contributed by atoms with van der Waals surface area (Å²) in [5.41, 5.74) is 0.483. The standard InChI is InChI=1S/C11H17N3O2S/c1-9-11(14-6-5-13-9)17(15,16)8-10-3-2-4-12-7-10/h5-6,10,12H,2-4,7-8H2,1H3/t10-/m0/s1. The molecule has 94 valence electrons. The molecule has 0 saturated carbocycles. The van der Waals surface area contributed by atoms with Crippen LogP contribution in [0.15, 0.2) is 17.4 Å². The van der Waals surface area contributed by atoms with Crippen molar-refractivity contribution in [1.82, 2.24) is 15.3 Å². The average molecular weight is 255 g/mol. The minimum Gasteiger partial charge on any atom is -0.316 e. The van der Waals surface area contributed by atoms with Crippen LogP contribution in [0.1, 0.15) is 18.5 Å². The van der Waals surface area contributed by atoms with Crippen molar-refractivity contribution in [2.24, 2.45) is 5.92 Å². The van der Waals surface area contributed by atoms with E-state index in [1.807, 2.05) is 0 Å². The Morgan fingerprint density at radius 3 is 2.82 bits per heavy atom. The second kappa shape index (κ2) is 5.10. The van der Waals surface area contributed by atoms with Crippen molar-refractivity contribution in [1.29, 1.82) is 0 Å². The van der Waals surface area contributed by atoms with E-state index in [-0.39, 0.29) is 16.7 Å². The SMILES string of the molecule is Cc1nccnc1S(=O)(=O)C[C@H]1CCCNC1. The van der Waals surface area contributed by atoms with Crippen molar-refractivity contribution < 1.29 is 8.42 Å². The van der Waals surface area contributed by atoms with Gasteiger partial charge >= 0.3 is 0 Å². The molecule has 0 radical (unpaired) electrons. The highest BCUT2D eigenvalue weighted by atomic mass is 32.2. The predicted molar refractivity (Wildman–Crippen MR) is 64.4 cm³/mol. The third-order valence-corrected chi connectivity index (χ3v) is 4.89. The molecule has 1 N–H and O–H groups in total. The van der Waals surface area contributed by atoms with Crippen LogP contribution in [0.25, 0.3) is 0 Å². The minimum absolute atomic E-state index is 0.130. The van der Waals surface area contributed by atoms with Gasteiger partial charge in [0.2, 0.25) is 0 Å². The highest BCUT2D eigenvalue weighted by Gasteiger charge is 2.25. The number of aryl methyl sites for hydroxylation is 1. The Bertz CT molecular complexity index is 481. The van der Waals surface area contributed by atoms with E-state index in [9.17, 15) is 8.42 Å². The van der Waals surface area contributed by atoms with Crippen molar-refractivity contribution in [3.8, 4) is 0 Å². The topological polar surface area (TPSA) is 72.0 Å². The van der Waals surface area contributed by atoms with E-state index >= 15 is 0 Å². The van der Waals surface area contributed by atoms with Crippen molar-refractivity contribution in [2.75, 3.05) is 18.8 Å². The van der Waals surface area contributed by atoms with Crippen LogP contribution in [0.3, 0.4) is 0 Å². The number of nitrogens with zero attached hydrogens (tertiary/aromatic N) is 2. The molecule has 5 nitrogen and oxygen atoms in total. The van der Waals surface area contributed by atoms with Gasteiger partial charge < -0.3 is 5.32 Å². The van der Waals surface area contributed by atoms with Gasteiger partial charge in [-0.05, 0) is 38.8 Å². The molecule has 1 aliphatic rings. The summed E-state index contributed by atoms with van der Waals surface area (Å²) in [5, 5.41) is 3.35. The fourth-order valence-electron chi connectivity index (χ4n) is 2.16. The molecule has 0 aliphatic carbocycles. The monoisotopic (exact) mass is 255 g/mol. The maximum atomic E-state index is 12.2. The lowest BCUT2D eigenvalue weighted by atomic mass is 10.0. The third kappa shape index (κ3) is 3.01. The van der Waals surface area contributed by atoms with E-state index in [4.69, 9.17) is 0 Å². The highest BCUT2D eigenvalue weighted by Crippen LogP contribution is 2.18. The minimum atomic E-state index is -3.30. The summed E-state index contributed by atoms with van der Waals surface area (Å²) < 4.78 is 24.4. The molecule has 2 heterocycles. The number of nitrogens with one attached hydrogen (secondary N) is 1. The molecule has 1 aromatic rings. The van der Waals surface area contributed by atoms with Crippen LogP contribution in [-0.4, -0.2) is 37.2 Å². The van der Waals surface area contributed by atoms with Crippen molar-refractivity contribution in [3.05, 3.63) is 18.1 Å². The molecule has 1 aliphatic heterocycles. The Kier molecular flexibility index (Phi) is 3.73. The fourth-order valence-corrected chi connectivity index (χ4v) is 3.94. The van der Waals surface area contributed by atoms with Gasteiger partial charge in [0.05, 0.1) is 11.4 Å². The molecule has 1 atom stereocenters. The van der Waals surface area contributed by atoms with Crippen LogP contribution < -0.4 is 5.32 Å². The van der Waals surface area contributed by atoms with Crippen molar-refractivity contribution >= 4 is 9.84 Å². The summed E-state index contributed by atoms with van der Waals surface area (Å²) in [6.07, 6.45) is 4.95. The zero-order valence-electron chi connectivity index (χ0n) is 9.89. The molecule has 1 aromatic heterocycles. The first-order valence-corrected chi connectivity index (χ1v) is 7.46. The van der Waals surface area contributed by atoms with Crippen LogP contribution in [0, 0.1) is 12.8 Å². The first-order chi connectivity index (χ1) is 8.09. The van der Waals surface area contributed by atoms with Gasteiger partial charge in [-0.3, -0.25) is 4.98 Å². The summed E-state index contributed by atoms with van der Waals surface area (Å²) >= 11 is 0. The van der Waals surface area contributed by atoms with Gasteiger partial charge in [-0.2, -0.15) is 0 Å². The molecule has 1 saturated heterocycles. The fraction of sp³-hybridized carbons (Fsp3) is 0.636. The average Bonchev–Trinajstić information content (AvgIpc) is 2.30. The Hall–Kier alpha value is -1.01. The first kappa shape index (κ1) is 12.4. The number of sulfone groups is 1. The molecule has 6 heteroatoms. The van der Waals surface area contributed by atoms with E-state index in [0.717, 1.165) is 25.9 Å². The number of hydrogen-bond donors (Lipinski definition) is 1. The predicted octanol–water partition coefficient (Wildman–Crippen LogP) is 0.558. The quantitative estimate of drug-likeness (QED) is 0.854. The smallest absolute Gasteiger partial charge is 0.197 e. The van der Waals surface area contributed by atoms with E-state index in [0.29, 0.717) is 5.69 Å². The third-order valence-electron chi connectivity index (χ3n) is 2.98. The molecule has 17 heavy (non-hydrogen) atoms. The Morgan fingerprint density at radius 1 is 1.41 bits per heavy atom. The molecule has 0 spiro atoms. The van der Waals surface area contributed by atoms with Crippen LogP contribution in [-0.2, 0) is 9.84 Å². The van der Waals surface area contributed by atoms with Crippen molar-refractivity contribution in [3.63, 3.8) is 0 Å². The summed E-state index contributed by atoms with van der Waals surface area (Å²) in [6.45, 7) is 3.44. The van der Waals surface area contributed by atoms with E-state index in [1.165, 1.54) is 12.4 Å². The Balaban J connectivity index is 2.16. The van der Waals surface area contributed by atoms with Gasteiger partial charge in [-0.15, -0.1) is 0 Å². The summed E-state index contributed by atoms with van der Waals surface area (Å²) in [7, 11) is -3.30. The number of aromatic nitrogens is 2. The molecule has 2 rings (SSSR count). The van der Waals surface area contributed by atoms with Gasteiger partial charge in [0.1, 0.15) is 0 Å². The summed E-state index contributed by atoms with van der Waals surface area (Å²) in [5.74, 6) is 0.356.